The first-order valence-corrected chi connectivity index (χ1v) is 7.90. The van der Waals surface area contributed by atoms with Crippen molar-refractivity contribution in [2.24, 2.45) is 5.16 Å². The van der Waals surface area contributed by atoms with Gasteiger partial charge in [0.05, 0.1) is 36.0 Å². The molecule has 0 radical (unpaired) electrons. The Balaban J connectivity index is 2.23. The number of oxime groups is 1. The van der Waals surface area contributed by atoms with E-state index in [2.05, 4.69) is 15.5 Å². The molecule has 1 heterocycles. The predicted octanol–water partition coefficient (Wildman–Crippen LogP) is 3.54. The van der Waals surface area contributed by atoms with E-state index < -0.39 is 23.2 Å². The number of amides is 1. The molecule has 0 bridgehead atoms. The van der Waals surface area contributed by atoms with Crippen LogP contribution in [-0.2, 0) is 11.0 Å². The zero-order valence-corrected chi connectivity index (χ0v) is 15.1. The number of aromatic nitrogens is 1. The smallest absolute Gasteiger partial charge is 0.417 e. The van der Waals surface area contributed by atoms with Crippen molar-refractivity contribution in [3.8, 4) is 5.75 Å². The fourth-order valence-electron chi connectivity index (χ4n) is 2.20. The molecule has 0 saturated carbocycles. The number of hydrogen-bond donors (Lipinski definition) is 1. The Kier molecular flexibility index (Phi) is 6.62. The third kappa shape index (κ3) is 5.10. The van der Waals surface area contributed by atoms with E-state index in [1.54, 1.807) is 0 Å². The number of nitrogens with one attached hydrogen (secondary N) is 1. The lowest BCUT2D eigenvalue weighted by atomic mass is 10.1. The van der Waals surface area contributed by atoms with Crippen LogP contribution < -0.4 is 10.1 Å². The van der Waals surface area contributed by atoms with Crippen molar-refractivity contribution in [2.75, 3.05) is 20.8 Å². The van der Waals surface area contributed by atoms with Gasteiger partial charge in [-0.05, 0) is 12.1 Å². The Morgan fingerprint density at radius 2 is 2.00 bits per heavy atom. The van der Waals surface area contributed by atoms with Crippen LogP contribution in [0, 0.1) is 0 Å². The fourth-order valence-corrected chi connectivity index (χ4v) is 2.47. The van der Waals surface area contributed by atoms with E-state index in [0.29, 0.717) is 5.75 Å². The van der Waals surface area contributed by atoms with Crippen LogP contribution in [0.25, 0.3) is 0 Å². The maximum absolute atomic E-state index is 13.1. The van der Waals surface area contributed by atoms with Gasteiger partial charge in [-0.3, -0.25) is 4.79 Å². The van der Waals surface area contributed by atoms with Gasteiger partial charge in [0.2, 0.25) is 0 Å². The molecule has 2 aromatic rings. The van der Waals surface area contributed by atoms with Gasteiger partial charge in [-0.15, -0.1) is 0 Å². The number of methoxy groups -OCH3 is 1. The van der Waals surface area contributed by atoms with Crippen molar-refractivity contribution in [3.05, 3.63) is 58.4 Å². The number of halogens is 4. The van der Waals surface area contributed by atoms with E-state index >= 15 is 0 Å². The summed E-state index contributed by atoms with van der Waals surface area (Å²) >= 11 is 6.12. The monoisotopic (exact) mass is 401 g/mol. The largest absolute Gasteiger partial charge is 0.495 e. The molecule has 2 rings (SSSR count). The summed E-state index contributed by atoms with van der Waals surface area (Å²) in [6, 6.07) is 5.95. The quantitative estimate of drug-likeness (QED) is 0.593. The van der Waals surface area contributed by atoms with Crippen LogP contribution in [0.15, 0.2) is 41.7 Å². The molecular weight excluding hydrogens is 387 g/mol. The second-order valence-corrected chi connectivity index (χ2v) is 5.56. The Morgan fingerprint density at radius 1 is 1.30 bits per heavy atom. The summed E-state index contributed by atoms with van der Waals surface area (Å²) in [5.74, 6) is -0.514. The number of rotatable bonds is 6. The molecule has 0 aliphatic heterocycles. The normalized spacial score (nSPS) is 11.9. The van der Waals surface area contributed by atoms with Gasteiger partial charge in [0.25, 0.3) is 5.91 Å². The van der Waals surface area contributed by atoms with Crippen LogP contribution in [-0.4, -0.2) is 37.4 Å². The Labute approximate surface area is 157 Å². The molecule has 1 aromatic carbocycles. The Hall–Kier alpha value is -2.81. The van der Waals surface area contributed by atoms with Crippen LogP contribution in [0.5, 0.6) is 5.75 Å². The van der Waals surface area contributed by atoms with E-state index in [-0.39, 0.29) is 23.0 Å². The van der Waals surface area contributed by atoms with Crippen LogP contribution in [0.2, 0.25) is 5.02 Å². The lowest BCUT2D eigenvalue weighted by molar-refractivity contribution is -0.137. The third-order valence-electron chi connectivity index (χ3n) is 3.42. The molecule has 144 valence electrons. The standard InChI is InChI=1S/C17H15ClF3N3O3/c1-26-10-7-13(18)15(22-8-10)14(24-27-2)9-23-16(25)11-5-3-4-6-12(11)17(19,20)21/h3-8H,9H2,1-2H3,(H,23,25). The zero-order chi connectivity index (χ0) is 20.0. The summed E-state index contributed by atoms with van der Waals surface area (Å²) in [6.07, 6.45) is -3.27. The molecule has 27 heavy (non-hydrogen) atoms. The van der Waals surface area contributed by atoms with Crippen molar-refractivity contribution in [3.63, 3.8) is 0 Å². The summed E-state index contributed by atoms with van der Waals surface area (Å²) in [6.45, 7) is -0.252. The topological polar surface area (TPSA) is 72.8 Å². The van der Waals surface area contributed by atoms with Gasteiger partial charge >= 0.3 is 6.18 Å². The number of alkyl halides is 3. The number of pyridine rings is 1. The maximum atomic E-state index is 13.1. The van der Waals surface area contributed by atoms with E-state index in [1.807, 2.05) is 0 Å². The molecule has 0 aliphatic rings. The minimum absolute atomic E-state index is 0.128. The van der Waals surface area contributed by atoms with Crippen molar-refractivity contribution < 1.29 is 27.5 Å². The molecule has 0 fully saturated rings. The zero-order valence-electron chi connectivity index (χ0n) is 14.3. The Morgan fingerprint density at radius 3 is 2.59 bits per heavy atom. The number of ether oxygens (including phenoxy) is 1. The molecule has 0 spiro atoms. The van der Waals surface area contributed by atoms with Gasteiger partial charge in [-0.1, -0.05) is 28.9 Å². The second-order valence-electron chi connectivity index (χ2n) is 5.15. The molecular formula is C17H15ClF3N3O3. The minimum atomic E-state index is -4.65. The average Bonchev–Trinajstić information content (AvgIpc) is 2.64. The predicted molar refractivity (Wildman–Crippen MR) is 93.1 cm³/mol. The van der Waals surface area contributed by atoms with E-state index in [9.17, 15) is 18.0 Å². The molecule has 0 unspecified atom stereocenters. The third-order valence-corrected chi connectivity index (χ3v) is 3.71. The molecule has 1 aromatic heterocycles. The lowest BCUT2D eigenvalue weighted by Crippen LogP contribution is -2.32. The molecule has 1 N–H and O–H groups in total. The van der Waals surface area contributed by atoms with Crippen molar-refractivity contribution in [1.82, 2.24) is 10.3 Å². The summed E-state index contributed by atoms with van der Waals surface area (Å²) in [5.41, 5.74) is -1.21. The van der Waals surface area contributed by atoms with Crippen molar-refractivity contribution in [2.45, 2.75) is 6.18 Å². The average molecular weight is 402 g/mol. The highest BCUT2D eigenvalue weighted by Gasteiger charge is 2.34. The van der Waals surface area contributed by atoms with Gasteiger partial charge < -0.3 is 14.9 Å². The number of carbonyl (C=O) groups excluding carboxylic acids is 1. The summed E-state index contributed by atoms with van der Waals surface area (Å²) in [5, 5.41) is 6.29. The molecule has 6 nitrogen and oxygen atoms in total. The van der Waals surface area contributed by atoms with Gasteiger partial charge in [-0.25, -0.2) is 4.98 Å². The number of carbonyl (C=O) groups is 1. The molecule has 10 heteroatoms. The van der Waals surface area contributed by atoms with Crippen molar-refractivity contribution in [1.29, 1.82) is 0 Å². The summed E-state index contributed by atoms with van der Waals surface area (Å²) in [4.78, 5) is 21.0. The lowest BCUT2D eigenvalue weighted by Gasteiger charge is -2.13. The van der Waals surface area contributed by atoms with Crippen LogP contribution in [0.3, 0.4) is 0 Å². The fraction of sp³-hybridized carbons (Fsp3) is 0.235. The highest BCUT2D eigenvalue weighted by Crippen LogP contribution is 2.31. The summed E-state index contributed by atoms with van der Waals surface area (Å²) < 4.78 is 44.2. The SMILES string of the molecule is CON=C(CNC(=O)c1ccccc1C(F)(F)F)c1ncc(OC)cc1Cl. The first-order valence-electron chi connectivity index (χ1n) is 7.52. The van der Waals surface area contributed by atoms with Crippen molar-refractivity contribution >= 4 is 23.2 Å². The maximum Gasteiger partial charge on any atom is 0.417 e. The number of benzene rings is 1. The van der Waals surface area contributed by atoms with E-state index in [1.165, 1.54) is 38.6 Å². The van der Waals surface area contributed by atoms with Crippen LogP contribution >= 0.6 is 11.6 Å². The number of hydrogen-bond acceptors (Lipinski definition) is 5. The van der Waals surface area contributed by atoms with E-state index in [0.717, 1.165) is 12.1 Å². The van der Waals surface area contributed by atoms with Gasteiger partial charge in [-0.2, -0.15) is 13.2 Å². The summed E-state index contributed by atoms with van der Waals surface area (Å²) in [7, 11) is 2.72. The van der Waals surface area contributed by atoms with E-state index in [4.69, 9.17) is 21.2 Å². The highest BCUT2D eigenvalue weighted by molar-refractivity contribution is 6.34. The first kappa shape index (κ1) is 20.5. The highest BCUT2D eigenvalue weighted by atomic mass is 35.5. The van der Waals surface area contributed by atoms with Gasteiger partial charge in [0, 0.05) is 6.07 Å². The van der Waals surface area contributed by atoms with Gasteiger partial charge in [0.1, 0.15) is 24.3 Å². The number of nitrogens with zero attached hydrogens (tertiary/aromatic N) is 2. The van der Waals surface area contributed by atoms with Crippen LogP contribution in [0.4, 0.5) is 13.2 Å². The molecule has 0 aliphatic carbocycles. The Bertz CT molecular complexity index is 857. The van der Waals surface area contributed by atoms with Crippen LogP contribution in [0.1, 0.15) is 21.6 Å². The minimum Gasteiger partial charge on any atom is -0.495 e. The second kappa shape index (κ2) is 8.72. The first-order chi connectivity index (χ1) is 12.8. The van der Waals surface area contributed by atoms with Gasteiger partial charge in [0.15, 0.2) is 0 Å². The molecule has 1 amide bonds. The molecule has 0 atom stereocenters. The molecule has 0 saturated heterocycles.